The van der Waals surface area contributed by atoms with E-state index in [2.05, 4.69) is 20.6 Å². The molecule has 0 radical (unpaired) electrons. The number of para-hydroxylation sites is 2. The van der Waals surface area contributed by atoms with Crippen molar-refractivity contribution in [1.82, 2.24) is 19.9 Å². The fourth-order valence-electron chi connectivity index (χ4n) is 2.76. The Morgan fingerprint density at radius 3 is 2.57 bits per heavy atom. The molecule has 0 aliphatic carbocycles. The van der Waals surface area contributed by atoms with Gasteiger partial charge in [0.25, 0.3) is 5.91 Å². The minimum atomic E-state index is -0.404. The number of aryl methyl sites for hydroxylation is 1. The standard InChI is InChI=1S/C20H17N5O3/c1-13-21-19(24-28-13)15-10-6-7-11-16(15)22-20(26)18-17(27-2)12-25(23-18)14-8-4-3-5-9-14/h3-12H,1-2H3,(H,22,26). The molecule has 4 rings (SSSR count). The van der Waals surface area contributed by atoms with Gasteiger partial charge in [0.05, 0.1) is 24.7 Å². The van der Waals surface area contributed by atoms with Gasteiger partial charge in [0.15, 0.2) is 11.4 Å². The zero-order valence-corrected chi connectivity index (χ0v) is 15.3. The van der Waals surface area contributed by atoms with Crippen LogP contribution in [-0.4, -0.2) is 32.9 Å². The minimum absolute atomic E-state index is 0.172. The summed E-state index contributed by atoms with van der Waals surface area (Å²) in [5, 5.41) is 11.2. The second-order valence-electron chi connectivity index (χ2n) is 5.96. The number of amides is 1. The van der Waals surface area contributed by atoms with E-state index in [0.29, 0.717) is 28.7 Å². The van der Waals surface area contributed by atoms with Crippen LogP contribution in [0.25, 0.3) is 17.1 Å². The molecule has 8 nitrogen and oxygen atoms in total. The molecule has 0 aliphatic rings. The lowest BCUT2D eigenvalue weighted by Crippen LogP contribution is -2.15. The van der Waals surface area contributed by atoms with Crippen molar-refractivity contribution in [2.75, 3.05) is 12.4 Å². The maximum atomic E-state index is 12.9. The maximum Gasteiger partial charge on any atom is 0.280 e. The molecular weight excluding hydrogens is 358 g/mol. The van der Waals surface area contributed by atoms with Crippen LogP contribution < -0.4 is 10.1 Å². The SMILES string of the molecule is COc1cn(-c2ccccc2)nc1C(=O)Nc1ccccc1-c1noc(C)n1. The molecule has 1 amide bonds. The van der Waals surface area contributed by atoms with Crippen molar-refractivity contribution in [3.05, 3.63) is 72.4 Å². The van der Waals surface area contributed by atoms with Crippen molar-refractivity contribution in [1.29, 1.82) is 0 Å². The molecule has 0 saturated carbocycles. The molecule has 0 aliphatic heterocycles. The topological polar surface area (TPSA) is 95.1 Å². The molecule has 140 valence electrons. The van der Waals surface area contributed by atoms with Crippen molar-refractivity contribution < 1.29 is 14.1 Å². The summed E-state index contributed by atoms with van der Waals surface area (Å²) in [5.74, 6) is 0.808. The highest BCUT2D eigenvalue weighted by atomic mass is 16.5. The van der Waals surface area contributed by atoms with Gasteiger partial charge in [0.1, 0.15) is 0 Å². The molecule has 2 aromatic heterocycles. The number of aromatic nitrogens is 4. The first-order valence-electron chi connectivity index (χ1n) is 8.56. The van der Waals surface area contributed by atoms with Crippen LogP contribution in [0.1, 0.15) is 16.4 Å². The van der Waals surface area contributed by atoms with Gasteiger partial charge < -0.3 is 14.6 Å². The zero-order chi connectivity index (χ0) is 19.5. The molecule has 2 aromatic carbocycles. The maximum absolute atomic E-state index is 12.9. The third kappa shape index (κ3) is 3.35. The Labute approximate surface area is 160 Å². The van der Waals surface area contributed by atoms with Crippen molar-refractivity contribution in [3.8, 4) is 22.8 Å². The molecule has 0 spiro atoms. The summed E-state index contributed by atoms with van der Waals surface area (Å²) in [6.45, 7) is 1.71. The van der Waals surface area contributed by atoms with Crippen LogP contribution in [0.5, 0.6) is 5.75 Å². The molecule has 0 saturated heterocycles. The number of hydrogen-bond acceptors (Lipinski definition) is 6. The first-order valence-corrected chi connectivity index (χ1v) is 8.56. The summed E-state index contributed by atoms with van der Waals surface area (Å²) >= 11 is 0. The number of hydrogen-bond donors (Lipinski definition) is 1. The van der Waals surface area contributed by atoms with Crippen LogP contribution >= 0.6 is 0 Å². The second kappa shape index (κ2) is 7.36. The molecule has 8 heteroatoms. The first-order chi connectivity index (χ1) is 13.7. The number of benzene rings is 2. The fourth-order valence-corrected chi connectivity index (χ4v) is 2.76. The van der Waals surface area contributed by atoms with E-state index in [0.717, 1.165) is 5.69 Å². The Kier molecular flexibility index (Phi) is 4.59. The summed E-state index contributed by atoms with van der Waals surface area (Å²) in [5.41, 5.74) is 2.19. The average molecular weight is 375 g/mol. The van der Waals surface area contributed by atoms with E-state index < -0.39 is 5.91 Å². The van der Waals surface area contributed by atoms with Gasteiger partial charge in [0, 0.05) is 12.5 Å². The Balaban J connectivity index is 1.66. The van der Waals surface area contributed by atoms with Crippen LogP contribution in [-0.2, 0) is 0 Å². The van der Waals surface area contributed by atoms with Crippen LogP contribution in [0.4, 0.5) is 5.69 Å². The van der Waals surface area contributed by atoms with E-state index in [1.54, 1.807) is 29.9 Å². The van der Waals surface area contributed by atoms with Crippen molar-refractivity contribution >= 4 is 11.6 Å². The third-order valence-electron chi connectivity index (χ3n) is 4.08. The zero-order valence-electron chi connectivity index (χ0n) is 15.3. The van der Waals surface area contributed by atoms with Crippen LogP contribution in [0.3, 0.4) is 0 Å². The van der Waals surface area contributed by atoms with Crippen molar-refractivity contribution in [3.63, 3.8) is 0 Å². The number of carbonyl (C=O) groups excluding carboxylic acids is 1. The van der Waals surface area contributed by atoms with Gasteiger partial charge in [-0.2, -0.15) is 10.1 Å². The molecule has 1 N–H and O–H groups in total. The summed E-state index contributed by atoms with van der Waals surface area (Å²) in [6.07, 6.45) is 1.67. The Bertz CT molecular complexity index is 1120. The number of nitrogens with one attached hydrogen (secondary N) is 1. The number of nitrogens with zero attached hydrogens (tertiary/aromatic N) is 4. The predicted molar refractivity (Wildman–Crippen MR) is 103 cm³/mol. The van der Waals surface area contributed by atoms with Gasteiger partial charge in [-0.05, 0) is 24.3 Å². The second-order valence-corrected chi connectivity index (χ2v) is 5.96. The minimum Gasteiger partial charge on any atom is -0.493 e. The molecule has 0 atom stereocenters. The lowest BCUT2D eigenvalue weighted by atomic mass is 10.1. The summed E-state index contributed by atoms with van der Waals surface area (Å²) in [6, 6.07) is 16.7. The van der Waals surface area contributed by atoms with E-state index in [1.165, 1.54) is 7.11 Å². The first kappa shape index (κ1) is 17.5. The highest BCUT2D eigenvalue weighted by Crippen LogP contribution is 2.27. The van der Waals surface area contributed by atoms with Gasteiger partial charge in [-0.1, -0.05) is 35.5 Å². The largest absolute Gasteiger partial charge is 0.493 e. The van der Waals surface area contributed by atoms with E-state index in [4.69, 9.17) is 9.26 Å². The third-order valence-corrected chi connectivity index (χ3v) is 4.08. The van der Waals surface area contributed by atoms with Crippen LogP contribution in [0.2, 0.25) is 0 Å². The lowest BCUT2D eigenvalue weighted by molar-refractivity contribution is 0.101. The predicted octanol–water partition coefficient (Wildman–Crippen LogP) is 3.49. The van der Waals surface area contributed by atoms with Gasteiger partial charge in [-0.15, -0.1) is 0 Å². The number of methoxy groups -OCH3 is 1. The highest BCUT2D eigenvalue weighted by molar-refractivity contribution is 6.06. The summed E-state index contributed by atoms with van der Waals surface area (Å²) < 4.78 is 12.0. The van der Waals surface area contributed by atoms with Gasteiger partial charge in [0.2, 0.25) is 11.7 Å². The number of carbonyl (C=O) groups is 1. The summed E-state index contributed by atoms with van der Waals surface area (Å²) in [4.78, 5) is 17.1. The Hall–Kier alpha value is -3.94. The Morgan fingerprint density at radius 1 is 1.11 bits per heavy atom. The smallest absolute Gasteiger partial charge is 0.280 e. The normalized spacial score (nSPS) is 10.6. The number of ether oxygens (including phenoxy) is 1. The molecule has 0 bridgehead atoms. The van der Waals surface area contributed by atoms with E-state index in [1.807, 2.05) is 42.5 Å². The molecule has 0 fully saturated rings. The van der Waals surface area contributed by atoms with E-state index in [-0.39, 0.29) is 5.69 Å². The average Bonchev–Trinajstić information content (AvgIpc) is 3.35. The van der Waals surface area contributed by atoms with E-state index in [9.17, 15) is 4.79 Å². The number of rotatable bonds is 5. The highest BCUT2D eigenvalue weighted by Gasteiger charge is 2.20. The van der Waals surface area contributed by atoms with Crippen molar-refractivity contribution in [2.45, 2.75) is 6.92 Å². The summed E-state index contributed by atoms with van der Waals surface area (Å²) in [7, 11) is 1.50. The van der Waals surface area contributed by atoms with Gasteiger partial charge in [-0.3, -0.25) is 4.79 Å². The monoisotopic (exact) mass is 375 g/mol. The van der Waals surface area contributed by atoms with E-state index >= 15 is 0 Å². The molecule has 2 heterocycles. The number of anilines is 1. The quantitative estimate of drug-likeness (QED) is 0.574. The molecular formula is C20H17N5O3. The lowest BCUT2D eigenvalue weighted by Gasteiger charge is -2.08. The van der Waals surface area contributed by atoms with Gasteiger partial charge >= 0.3 is 0 Å². The van der Waals surface area contributed by atoms with Crippen LogP contribution in [0, 0.1) is 6.92 Å². The van der Waals surface area contributed by atoms with Crippen LogP contribution in [0.15, 0.2) is 65.3 Å². The Morgan fingerprint density at radius 2 is 1.86 bits per heavy atom. The fraction of sp³-hybridized carbons (Fsp3) is 0.100. The molecule has 28 heavy (non-hydrogen) atoms. The van der Waals surface area contributed by atoms with Gasteiger partial charge in [-0.25, -0.2) is 4.68 Å². The molecule has 0 unspecified atom stereocenters. The molecule has 4 aromatic rings. The van der Waals surface area contributed by atoms with Crippen molar-refractivity contribution in [2.24, 2.45) is 0 Å².